The van der Waals surface area contributed by atoms with Crippen LogP contribution in [0.3, 0.4) is 0 Å². The molecule has 0 bridgehead atoms. The number of hydrogen-bond acceptors (Lipinski definition) is 3. The summed E-state index contributed by atoms with van der Waals surface area (Å²) < 4.78 is 4.87. The van der Waals surface area contributed by atoms with Gasteiger partial charge in [0, 0.05) is 0 Å². The SMILES string of the molecule is CN(C)c1ccc2[c](c1)[Ge]([CH3])([CH3])[C]1=CC(=[N+](C)C)C=CC1=C2c1ccccc1C(=O)[O-]. The summed E-state index contributed by atoms with van der Waals surface area (Å²) in [6, 6.07) is 13.8. The summed E-state index contributed by atoms with van der Waals surface area (Å²) in [5, 5.41) is 12.0. The fourth-order valence-corrected chi connectivity index (χ4v) is 11.0. The van der Waals surface area contributed by atoms with Crippen LogP contribution >= 0.6 is 0 Å². The Morgan fingerprint density at radius 2 is 1.71 bits per heavy atom. The quantitative estimate of drug-likeness (QED) is 0.509. The van der Waals surface area contributed by atoms with Crippen molar-refractivity contribution in [3.63, 3.8) is 0 Å². The minimum atomic E-state index is -2.67. The van der Waals surface area contributed by atoms with Crippen LogP contribution in [0.25, 0.3) is 5.57 Å². The van der Waals surface area contributed by atoms with Gasteiger partial charge in [-0.05, 0) is 0 Å². The first-order chi connectivity index (χ1) is 14.6. The Hall–Kier alpha value is -2.86. The summed E-state index contributed by atoms with van der Waals surface area (Å²) in [6.07, 6.45) is 6.60. The molecule has 0 radical (unpaired) electrons. The van der Waals surface area contributed by atoms with E-state index in [-0.39, 0.29) is 5.56 Å². The van der Waals surface area contributed by atoms with Gasteiger partial charge >= 0.3 is 187 Å². The van der Waals surface area contributed by atoms with Crippen LogP contribution in [0.2, 0.25) is 11.5 Å². The molecule has 0 N–H and O–H groups in total. The number of allylic oxidation sites excluding steroid dienone is 5. The van der Waals surface area contributed by atoms with E-state index in [2.05, 4.69) is 85.6 Å². The van der Waals surface area contributed by atoms with Crippen molar-refractivity contribution in [2.24, 2.45) is 0 Å². The summed E-state index contributed by atoms with van der Waals surface area (Å²) in [6.45, 7) is 0. The fraction of sp³-hybridized carbons (Fsp3) is 0.231. The summed E-state index contributed by atoms with van der Waals surface area (Å²) >= 11 is -2.67. The zero-order chi connectivity index (χ0) is 22.5. The summed E-state index contributed by atoms with van der Waals surface area (Å²) in [7, 11) is 8.22. The molecule has 0 fully saturated rings. The molecule has 0 saturated heterocycles. The molecule has 158 valence electrons. The van der Waals surface area contributed by atoms with E-state index in [4.69, 9.17) is 0 Å². The minimum absolute atomic E-state index is 0.231. The van der Waals surface area contributed by atoms with Gasteiger partial charge in [-0.3, -0.25) is 0 Å². The monoisotopic (exact) mass is 474 g/mol. The zero-order valence-corrected chi connectivity index (χ0v) is 21.1. The molecule has 0 amide bonds. The molecule has 0 saturated carbocycles. The molecular weight excluding hydrogens is 445 g/mol. The fourth-order valence-electron chi connectivity index (χ4n) is 4.55. The van der Waals surface area contributed by atoms with Crippen LogP contribution in [0.15, 0.2) is 70.7 Å². The summed E-state index contributed by atoms with van der Waals surface area (Å²) in [4.78, 5) is 14.1. The van der Waals surface area contributed by atoms with E-state index in [9.17, 15) is 9.90 Å². The molecule has 5 heteroatoms. The van der Waals surface area contributed by atoms with Gasteiger partial charge in [-0.15, -0.1) is 0 Å². The van der Waals surface area contributed by atoms with Crippen molar-refractivity contribution >= 4 is 40.6 Å². The van der Waals surface area contributed by atoms with Crippen molar-refractivity contribution in [1.29, 1.82) is 0 Å². The second kappa shape index (κ2) is 7.68. The van der Waals surface area contributed by atoms with Gasteiger partial charge in [-0.2, -0.15) is 0 Å². The number of fused-ring (bicyclic) bond motifs is 2. The van der Waals surface area contributed by atoms with E-state index in [1.165, 1.54) is 8.80 Å². The molecule has 0 spiro atoms. The average molecular weight is 473 g/mol. The van der Waals surface area contributed by atoms with E-state index < -0.39 is 19.2 Å². The normalized spacial score (nSPS) is 16.5. The molecule has 2 aromatic carbocycles. The Balaban J connectivity index is 2.13. The molecule has 4 rings (SSSR count). The van der Waals surface area contributed by atoms with Gasteiger partial charge in [0.1, 0.15) is 0 Å². The third-order valence-electron chi connectivity index (χ3n) is 6.34. The van der Waals surface area contributed by atoms with Gasteiger partial charge in [-0.1, -0.05) is 0 Å². The Labute approximate surface area is 186 Å². The molecule has 1 heterocycles. The first kappa shape index (κ1) is 21.4. The third kappa shape index (κ3) is 3.49. The number of anilines is 1. The van der Waals surface area contributed by atoms with Crippen LogP contribution in [-0.4, -0.2) is 57.7 Å². The topological polar surface area (TPSA) is 46.4 Å². The van der Waals surface area contributed by atoms with Gasteiger partial charge in [0.05, 0.1) is 0 Å². The van der Waals surface area contributed by atoms with Crippen molar-refractivity contribution in [2.45, 2.75) is 11.5 Å². The Kier molecular flexibility index (Phi) is 5.30. The number of aromatic carboxylic acids is 1. The molecule has 1 aliphatic carbocycles. The number of nitrogens with zero attached hydrogens (tertiary/aromatic N) is 2. The van der Waals surface area contributed by atoms with Crippen molar-refractivity contribution in [1.82, 2.24) is 0 Å². The van der Waals surface area contributed by atoms with Crippen LogP contribution in [0.4, 0.5) is 5.69 Å². The number of rotatable bonds is 3. The maximum absolute atomic E-state index is 12.0. The van der Waals surface area contributed by atoms with Crippen molar-refractivity contribution in [3.05, 3.63) is 87.4 Å². The van der Waals surface area contributed by atoms with Crippen LogP contribution in [-0.2, 0) is 0 Å². The molecule has 2 aliphatic rings. The molecule has 4 nitrogen and oxygen atoms in total. The first-order valence-electron chi connectivity index (χ1n) is 10.4. The molecule has 0 unspecified atom stereocenters. The third-order valence-corrected chi connectivity index (χ3v) is 13.7. The molecule has 2 aromatic rings. The summed E-state index contributed by atoms with van der Waals surface area (Å²) in [5.41, 5.74) is 6.57. The Morgan fingerprint density at radius 1 is 1.00 bits per heavy atom. The molecule has 1 aliphatic heterocycles. The van der Waals surface area contributed by atoms with Crippen molar-refractivity contribution in [3.8, 4) is 0 Å². The van der Waals surface area contributed by atoms with Crippen LogP contribution in [0.1, 0.15) is 21.5 Å². The second-order valence-electron chi connectivity index (χ2n) is 9.08. The van der Waals surface area contributed by atoms with E-state index >= 15 is 0 Å². The number of carboxylic acid groups (broad SMARTS) is 1. The van der Waals surface area contributed by atoms with Crippen molar-refractivity contribution in [2.75, 3.05) is 33.1 Å². The second-order valence-corrected chi connectivity index (χ2v) is 18.2. The van der Waals surface area contributed by atoms with Gasteiger partial charge in [0.2, 0.25) is 0 Å². The van der Waals surface area contributed by atoms with Gasteiger partial charge < -0.3 is 0 Å². The number of benzene rings is 2. The number of carboxylic acids is 1. The molecular formula is C26H28GeN2O2. The zero-order valence-electron chi connectivity index (χ0n) is 19.0. The Morgan fingerprint density at radius 3 is 2.35 bits per heavy atom. The standard InChI is InChI=1S/C26H28GeN2O2/c1-27(2)23-15-17(28(3)4)11-13-21(23)25(19-9-7-8-10-20(19)26(30)31)22-14-12-18(29(5)6)16-24(22)27/h7-16H,1-6H3. The van der Waals surface area contributed by atoms with E-state index in [0.29, 0.717) is 0 Å². The van der Waals surface area contributed by atoms with E-state index in [1.807, 2.05) is 12.1 Å². The summed E-state index contributed by atoms with van der Waals surface area (Å²) in [5.74, 6) is 3.71. The van der Waals surface area contributed by atoms with Crippen LogP contribution in [0, 0.1) is 0 Å². The number of carbonyl (C=O) groups is 1. The van der Waals surface area contributed by atoms with Gasteiger partial charge in [0.25, 0.3) is 0 Å². The van der Waals surface area contributed by atoms with Crippen molar-refractivity contribution < 1.29 is 14.5 Å². The van der Waals surface area contributed by atoms with E-state index in [1.54, 1.807) is 12.1 Å². The van der Waals surface area contributed by atoms with Crippen LogP contribution in [0.5, 0.6) is 0 Å². The first-order valence-corrected chi connectivity index (χ1v) is 16.7. The van der Waals surface area contributed by atoms with Gasteiger partial charge in [-0.25, -0.2) is 0 Å². The number of carbonyl (C=O) groups excluding carboxylic acids is 1. The molecule has 0 aromatic heterocycles. The predicted molar refractivity (Wildman–Crippen MR) is 129 cm³/mol. The Bertz CT molecular complexity index is 1230. The molecule has 31 heavy (non-hydrogen) atoms. The average Bonchev–Trinajstić information content (AvgIpc) is 2.73. The number of hydrogen-bond donors (Lipinski definition) is 0. The van der Waals surface area contributed by atoms with Crippen LogP contribution < -0.4 is 14.4 Å². The maximum atomic E-state index is 12.0. The van der Waals surface area contributed by atoms with E-state index in [0.717, 1.165) is 33.7 Å². The van der Waals surface area contributed by atoms with Gasteiger partial charge in [0.15, 0.2) is 0 Å². The predicted octanol–water partition coefficient (Wildman–Crippen LogP) is 2.60. The molecule has 0 atom stereocenters.